The number of rotatable bonds is 4. The zero-order valence-electron chi connectivity index (χ0n) is 17.2. The summed E-state index contributed by atoms with van der Waals surface area (Å²) in [5, 5.41) is 4.42. The molecule has 0 atom stereocenters. The van der Waals surface area contributed by atoms with E-state index >= 15 is 0 Å². The third-order valence-corrected chi connectivity index (χ3v) is 5.36. The van der Waals surface area contributed by atoms with E-state index < -0.39 is 5.63 Å². The standard InChI is InChI=1S/C24H21NO5/c1-12-8-19-22(23-21(12)13(2)11-29-23)14(3)18(24(28)30-19)10-20(27)25-17-7-5-6-16(9-17)15(4)26/h5-9,11H,10H2,1-4H3,(H,25,27). The maximum Gasteiger partial charge on any atom is 0.340 e. The first kappa shape index (κ1) is 19.6. The Balaban J connectivity index is 1.74. The predicted octanol–water partition coefficient (Wildman–Crippen LogP) is 4.85. The van der Waals surface area contributed by atoms with Gasteiger partial charge >= 0.3 is 5.63 Å². The van der Waals surface area contributed by atoms with Crippen LogP contribution < -0.4 is 10.9 Å². The average molecular weight is 403 g/mol. The number of ketones is 1. The van der Waals surface area contributed by atoms with Crippen molar-refractivity contribution in [3.63, 3.8) is 0 Å². The van der Waals surface area contributed by atoms with Gasteiger partial charge in [-0.1, -0.05) is 12.1 Å². The molecule has 2 aromatic heterocycles. The van der Waals surface area contributed by atoms with E-state index in [1.807, 2.05) is 19.9 Å². The molecule has 0 spiro atoms. The molecule has 6 heteroatoms. The minimum absolute atomic E-state index is 0.0924. The molecular weight excluding hydrogens is 382 g/mol. The number of carbonyl (C=O) groups excluding carboxylic acids is 2. The number of anilines is 1. The molecule has 0 aliphatic rings. The lowest BCUT2D eigenvalue weighted by atomic mass is 9.98. The maximum absolute atomic E-state index is 12.6. The Morgan fingerprint density at radius 1 is 1.03 bits per heavy atom. The molecule has 1 N–H and O–H groups in total. The number of furan rings is 1. The molecule has 2 heterocycles. The van der Waals surface area contributed by atoms with Crippen molar-refractivity contribution < 1.29 is 18.4 Å². The Morgan fingerprint density at radius 3 is 2.53 bits per heavy atom. The maximum atomic E-state index is 12.6. The Bertz CT molecular complexity index is 1390. The van der Waals surface area contributed by atoms with Crippen molar-refractivity contribution in [3.05, 3.63) is 74.8 Å². The van der Waals surface area contributed by atoms with Crippen LogP contribution in [0.1, 0.15) is 39.5 Å². The van der Waals surface area contributed by atoms with Crippen molar-refractivity contribution in [1.82, 2.24) is 0 Å². The monoisotopic (exact) mass is 403 g/mol. The number of aryl methyl sites for hydroxylation is 3. The van der Waals surface area contributed by atoms with Gasteiger partial charge in [-0.3, -0.25) is 9.59 Å². The molecule has 0 radical (unpaired) electrons. The lowest BCUT2D eigenvalue weighted by Gasteiger charge is -2.10. The SMILES string of the molecule is CC(=O)c1cccc(NC(=O)Cc2c(C)c3c(cc(C)c4c(C)coc43)oc2=O)c1. The van der Waals surface area contributed by atoms with Crippen LogP contribution >= 0.6 is 0 Å². The van der Waals surface area contributed by atoms with Gasteiger partial charge in [0.2, 0.25) is 5.91 Å². The third-order valence-electron chi connectivity index (χ3n) is 5.36. The molecule has 0 bridgehead atoms. The number of nitrogens with one attached hydrogen (secondary N) is 1. The van der Waals surface area contributed by atoms with Gasteiger partial charge in [0.15, 0.2) is 5.78 Å². The molecule has 0 saturated heterocycles. The van der Waals surface area contributed by atoms with Gasteiger partial charge in [0.25, 0.3) is 0 Å². The molecule has 1 amide bonds. The number of benzene rings is 2. The van der Waals surface area contributed by atoms with E-state index in [0.717, 1.165) is 16.5 Å². The Kier molecular flexibility index (Phi) is 4.78. The van der Waals surface area contributed by atoms with E-state index in [0.29, 0.717) is 33.4 Å². The van der Waals surface area contributed by atoms with Gasteiger partial charge in [-0.2, -0.15) is 0 Å². The molecule has 152 valence electrons. The van der Waals surface area contributed by atoms with E-state index in [-0.39, 0.29) is 23.7 Å². The lowest BCUT2D eigenvalue weighted by molar-refractivity contribution is -0.115. The van der Waals surface area contributed by atoms with Gasteiger partial charge in [-0.15, -0.1) is 0 Å². The van der Waals surface area contributed by atoms with Crippen LogP contribution in [-0.4, -0.2) is 11.7 Å². The molecule has 4 rings (SSSR count). The summed E-state index contributed by atoms with van der Waals surface area (Å²) < 4.78 is 11.3. The largest absolute Gasteiger partial charge is 0.463 e. The first-order valence-electron chi connectivity index (χ1n) is 9.60. The van der Waals surface area contributed by atoms with E-state index in [2.05, 4.69) is 5.32 Å². The number of carbonyl (C=O) groups is 2. The Morgan fingerprint density at radius 2 is 1.80 bits per heavy atom. The quantitative estimate of drug-likeness (QED) is 0.389. The second-order valence-corrected chi connectivity index (χ2v) is 7.54. The Labute approximate surface area is 172 Å². The highest BCUT2D eigenvalue weighted by Gasteiger charge is 2.20. The molecular formula is C24H21NO5. The summed E-state index contributed by atoms with van der Waals surface area (Å²) in [4.78, 5) is 36.8. The van der Waals surface area contributed by atoms with Crippen molar-refractivity contribution in [2.24, 2.45) is 0 Å². The average Bonchev–Trinajstić information content (AvgIpc) is 3.07. The van der Waals surface area contributed by atoms with Crippen molar-refractivity contribution in [2.75, 3.05) is 5.32 Å². The van der Waals surface area contributed by atoms with Crippen LogP contribution in [0.15, 0.2) is 50.2 Å². The number of hydrogen-bond donors (Lipinski definition) is 1. The predicted molar refractivity (Wildman–Crippen MR) is 115 cm³/mol. The summed E-state index contributed by atoms with van der Waals surface area (Å²) in [6, 6.07) is 8.50. The van der Waals surface area contributed by atoms with E-state index in [4.69, 9.17) is 8.83 Å². The number of Topliss-reactive ketones (excluding diaryl/α,β-unsaturated/α-hetero) is 1. The molecule has 30 heavy (non-hydrogen) atoms. The van der Waals surface area contributed by atoms with Gasteiger partial charge in [-0.25, -0.2) is 4.79 Å². The molecule has 0 unspecified atom stereocenters. The molecule has 0 fully saturated rings. The smallest absolute Gasteiger partial charge is 0.340 e. The first-order chi connectivity index (χ1) is 14.3. The van der Waals surface area contributed by atoms with Gasteiger partial charge in [-0.05, 0) is 62.6 Å². The number of hydrogen-bond acceptors (Lipinski definition) is 5. The first-order valence-corrected chi connectivity index (χ1v) is 9.60. The summed E-state index contributed by atoms with van der Waals surface area (Å²) in [6.07, 6.45) is 1.53. The second kappa shape index (κ2) is 7.30. The highest BCUT2D eigenvalue weighted by molar-refractivity contribution is 6.07. The van der Waals surface area contributed by atoms with Crippen molar-refractivity contribution in [1.29, 1.82) is 0 Å². The summed E-state index contributed by atoms with van der Waals surface area (Å²) in [5.74, 6) is -0.463. The highest BCUT2D eigenvalue weighted by Crippen LogP contribution is 2.34. The second-order valence-electron chi connectivity index (χ2n) is 7.54. The molecule has 0 saturated carbocycles. The van der Waals surface area contributed by atoms with E-state index in [1.165, 1.54) is 6.92 Å². The van der Waals surface area contributed by atoms with Crippen molar-refractivity contribution in [3.8, 4) is 0 Å². The summed E-state index contributed by atoms with van der Waals surface area (Å²) in [6.45, 7) is 7.16. The normalized spacial score (nSPS) is 11.2. The van der Waals surface area contributed by atoms with Crippen LogP contribution in [0.5, 0.6) is 0 Å². The topological polar surface area (TPSA) is 89.5 Å². The van der Waals surface area contributed by atoms with Gasteiger partial charge in [0.1, 0.15) is 11.2 Å². The van der Waals surface area contributed by atoms with Crippen LogP contribution in [0.25, 0.3) is 21.9 Å². The fraction of sp³-hybridized carbons (Fsp3) is 0.208. The van der Waals surface area contributed by atoms with Gasteiger partial charge < -0.3 is 14.2 Å². The molecule has 4 aromatic rings. The van der Waals surface area contributed by atoms with Crippen LogP contribution in [0, 0.1) is 20.8 Å². The fourth-order valence-corrected chi connectivity index (χ4v) is 3.86. The highest BCUT2D eigenvalue weighted by atomic mass is 16.4. The van der Waals surface area contributed by atoms with Crippen LogP contribution in [0.4, 0.5) is 5.69 Å². The van der Waals surface area contributed by atoms with Crippen LogP contribution in [0.3, 0.4) is 0 Å². The molecule has 6 nitrogen and oxygen atoms in total. The minimum atomic E-state index is -0.547. The minimum Gasteiger partial charge on any atom is -0.463 e. The van der Waals surface area contributed by atoms with Gasteiger partial charge in [0, 0.05) is 16.6 Å². The van der Waals surface area contributed by atoms with Gasteiger partial charge in [0.05, 0.1) is 23.6 Å². The summed E-state index contributed by atoms with van der Waals surface area (Å²) >= 11 is 0. The zero-order valence-corrected chi connectivity index (χ0v) is 17.2. The third kappa shape index (κ3) is 3.30. The number of amides is 1. The fourth-order valence-electron chi connectivity index (χ4n) is 3.86. The molecule has 2 aromatic carbocycles. The Hall–Kier alpha value is -3.67. The van der Waals surface area contributed by atoms with E-state index in [1.54, 1.807) is 37.5 Å². The van der Waals surface area contributed by atoms with Crippen LogP contribution in [-0.2, 0) is 11.2 Å². The lowest BCUT2D eigenvalue weighted by Crippen LogP contribution is -2.20. The molecule has 0 aliphatic heterocycles. The van der Waals surface area contributed by atoms with Crippen molar-refractivity contribution >= 4 is 39.3 Å². The zero-order chi connectivity index (χ0) is 21.6. The summed E-state index contributed by atoms with van der Waals surface area (Å²) in [5.41, 5.74) is 4.44. The van der Waals surface area contributed by atoms with Crippen LogP contribution in [0.2, 0.25) is 0 Å². The summed E-state index contributed by atoms with van der Waals surface area (Å²) in [7, 11) is 0. The molecule has 0 aliphatic carbocycles. The number of fused-ring (bicyclic) bond motifs is 3. The van der Waals surface area contributed by atoms with E-state index in [9.17, 15) is 14.4 Å². The van der Waals surface area contributed by atoms with Crippen molar-refractivity contribution in [2.45, 2.75) is 34.1 Å².